The van der Waals surface area contributed by atoms with Gasteiger partial charge in [0.25, 0.3) is 0 Å². The summed E-state index contributed by atoms with van der Waals surface area (Å²) in [4.78, 5) is 0. The lowest BCUT2D eigenvalue weighted by Gasteiger charge is -2.40. The highest BCUT2D eigenvalue weighted by Gasteiger charge is 2.40. The van der Waals surface area contributed by atoms with Gasteiger partial charge in [-0.05, 0) is 18.3 Å². The lowest BCUT2D eigenvalue weighted by molar-refractivity contribution is -0.208. The molecule has 0 radical (unpaired) electrons. The van der Waals surface area contributed by atoms with Crippen LogP contribution in [0.15, 0.2) is 0 Å². The summed E-state index contributed by atoms with van der Waals surface area (Å²) in [7, 11) is 0. The summed E-state index contributed by atoms with van der Waals surface area (Å²) < 4.78 is 40.5. The molecule has 0 aliphatic heterocycles. The number of hydrogen-bond donors (Lipinski definition) is 1. The largest absolute Gasteiger partial charge is 0.411 e. The van der Waals surface area contributed by atoms with E-state index in [9.17, 15) is 18.3 Å². The van der Waals surface area contributed by atoms with Crippen molar-refractivity contribution in [3.8, 4) is 0 Å². The van der Waals surface area contributed by atoms with Crippen molar-refractivity contribution in [2.45, 2.75) is 51.5 Å². The summed E-state index contributed by atoms with van der Waals surface area (Å²) in [5, 5.41) is 9.80. The van der Waals surface area contributed by atoms with Gasteiger partial charge in [-0.15, -0.1) is 0 Å². The van der Waals surface area contributed by atoms with E-state index in [-0.39, 0.29) is 5.41 Å². The van der Waals surface area contributed by atoms with E-state index in [4.69, 9.17) is 4.74 Å². The molecule has 1 N–H and O–H groups in total. The van der Waals surface area contributed by atoms with Crippen molar-refractivity contribution in [2.24, 2.45) is 5.41 Å². The van der Waals surface area contributed by atoms with Crippen LogP contribution in [-0.4, -0.2) is 30.1 Å². The molecule has 15 heavy (non-hydrogen) atoms. The molecule has 0 aromatic heterocycles. The van der Waals surface area contributed by atoms with Gasteiger partial charge < -0.3 is 9.84 Å². The smallest absolute Gasteiger partial charge is 0.390 e. The van der Waals surface area contributed by atoms with Gasteiger partial charge in [0.2, 0.25) is 0 Å². The number of halogens is 3. The molecule has 2 nitrogen and oxygen atoms in total. The van der Waals surface area contributed by atoms with Gasteiger partial charge in [-0.1, -0.05) is 20.3 Å². The number of hydrogen-bond acceptors (Lipinski definition) is 2. The van der Waals surface area contributed by atoms with Crippen LogP contribution in [0.5, 0.6) is 0 Å². The molecule has 5 heteroatoms. The van der Waals surface area contributed by atoms with Crippen LogP contribution in [0.25, 0.3) is 0 Å². The van der Waals surface area contributed by atoms with Crippen LogP contribution in [0.3, 0.4) is 0 Å². The Balaban J connectivity index is 2.48. The maximum Gasteiger partial charge on any atom is 0.411 e. The maximum absolute atomic E-state index is 11.9. The number of rotatable bonds is 2. The van der Waals surface area contributed by atoms with Gasteiger partial charge in [0, 0.05) is 0 Å². The minimum absolute atomic E-state index is 0.353. The molecule has 2 atom stereocenters. The summed E-state index contributed by atoms with van der Waals surface area (Å²) in [5.41, 5.74) is -0.353. The molecule has 0 aromatic rings. The molecule has 1 aliphatic carbocycles. The molecule has 0 saturated heterocycles. The fourth-order valence-corrected chi connectivity index (χ4v) is 1.94. The molecule has 0 aromatic carbocycles. The van der Waals surface area contributed by atoms with E-state index in [0.29, 0.717) is 6.42 Å². The quantitative estimate of drug-likeness (QED) is 0.784. The molecule has 1 fully saturated rings. The van der Waals surface area contributed by atoms with Crippen molar-refractivity contribution in [3.05, 3.63) is 0 Å². The van der Waals surface area contributed by atoms with Crippen LogP contribution in [0.1, 0.15) is 33.1 Å². The Morgan fingerprint density at radius 1 is 1.40 bits per heavy atom. The van der Waals surface area contributed by atoms with E-state index >= 15 is 0 Å². The molecule has 0 bridgehead atoms. The second kappa shape index (κ2) is 4.29. The highest BCUT2D eigenvalue weighted by molar-refractivity contribution is 4.89. The molecule has 2 unspecified atom stereocenters. The van der Waals surface area contributed by atoms with Crippen LogP contribution >= 0.6 is 0 Å². The third-order valence-electron chi connectivity index (χ3n) is 2.92. The van der Waals surface area contributed by atoms with E-state index in [1.807, 2.05) is 13.8 Å². The summed E-state index contributed by atoms with van der Waals surface area (Å²) in [6.07, 6.45) is -3.70. The highest BCUT2D eigenvalue weighted by atomic mass is 19.4. The minimum Gasteiger partial charge on any atom is -0.390 e. The highest BCUT2D eigenvalue weighted by Crippen LogP contribution is 2.37. The standard InChI is InChI=1S/C10H17F3O2/c1-9(2)5-3-4-7(8(9)14)15-6-10(11,12)13/h7-8,14H,3-6H2,1-2H3. The topological polar surface area (TPSA) is 29.5 Å². The number of aliphatic hydroxyl groups excluding tert-OH is 1. The second-order valence-corrected chi connectivity index (χ2v) is 4.79. The first-order valence-corrected chi connectivity index (χ1v) is 5.09. The van der Waals surface area contributed by atoms with Gasteiger partial charge in [0.1, 0.15) is 6.61 Å². The summed E-state index contributed by atoms with van der Waals surface area (Å²) in [6, 6.07) is 0. The average molecular weight is 226 g/mol. The van der Waals surface area contributed by atoms with E-state index in [1.54, 1.807) is 0 Å². The van der Waals surface area contributed by atoms with Gasteiger partial charge in [0.05, 0.1) is 12.2 Å². The molecule has 90 valence electrons. The SMILES string of the molecule is CC1(C)CCCC(OCC(F)(F)F)C1O. The molecular formula is C10H17F3O2. The molecule has 0 spiro atoms. The molecule has 1 aliphatic rings. The van der Waals surface area contributed by atoms with Gasteiger partial charge in [-0.25, -0.2) is 0 Å². The predicted octanol–water partition coefficient (Wildman–Crippen LogP) is 2.50. The molecule has 1 rings (SSSR count). The molecule has 0 heterocycles. The Morgan fingerprint density at radius 3 is 2.53 bits per heavy atom. The number of alkyl halides is 3. The Hall–Kier alpha value is -0.290. The third-order valence-corrected chi connectivity index (χ3v) is 2.92. The summed E-state index contributed by atoms with van der Waals surface area (Å²) in [5.74, 6) is 0. The lowest BCUT2D eigenvalue weighted by atomic mass is 9.73. The minimum atomic E-state index is -4.32. The van der Waals surface area contributed by atoms with Crippen molar-refractivity contribution < 1.29 is 23.0 Å². The zero-order valence-corrected chi connectivity index (χ0v) is 8.97. The Morgan fingerprint density at radius 2 is 2.00 bits per heavy atom. The number of ether oxygens (including phenoxy) is 1. The van der Waals surface area contributed by atoms with Crippen LogP contribution in [0, 0.1) is 5.41 Å². The molecule has 1 saturated carbocycles. The summed E-state index contributed by atoms with van der Waals surface area (Å²) >= 11 is 0. The zero-order chi connectivity index (χ0) is 11.7. The van der Waals surface area contributed by atoms with Crippen LogP contribution in [0.4, 0.5) is 13.2 Å². The van der Waals surface area contributed by atoms with Crippen LogP contribution < -0.4 is 0 Å². The van der Waals surface area contributed by atoms with E-state index < -0.39 is 25.0 Å². The van der Waals surface area contributed by atoms with Crippen molar-refractivity contribution in [2.75, 3.05) is 6.61 Å². The Kier molecular flexibility index (Phi) is 3.66. The van der Waals surface area contributed by atoms with E-state index in [0.717, 1.165) is 12.8 Å². The van der Waals surface area contributed by atoms with Crippen molar-refractivity contribution >= 4 is 0 Å². The third kappa shape index (κ3) is 3.65. The second-order valence-electron chi connectivity index (χ2n) is 4.79. The van der Waals surface area contributed by atoms with Crippen molar-refractivity contribution in [3.63, 3.8) is 0 Å². The Bertz CT molecular complexity index is 213. The molecular weight excluding hydrogens is 209 g/mol. The van der Waals surface area contributed by atoms with Crippen molar-refractivity contribution in [1.29, 1.82) is 0 Å². The van der Waals surface area contributed by atoms with Gasteiger partial charge in [-0.2, -0.15) is 13.2 Å². The first kappa shape index (κ1) is 12.8. The van der Waals surface area contributed by atoms with Crippen molar-refractivity contribution in [1.82, 2.24) is 0 Å². The molecule has 0 amide bonds. The Labute approximate surface area is 87.4 Å². The fraction of sp³-hybridized carbons (Fsp3) is 1.00. The fourth-order valence-electron chi connectivity index (χ4n) is 1.94. The van der Waals surface area contributed by atoms with Crippen LogP contribution in [0.2, 0.25) is 0 Å². The first-order valence-electron chi connectivity index (χ1n) is 5.09. The maximum atomic E-state index is 11.9. The monoisotopic (exact) mass is 226 g/mol. The zero-order valence-electron chi connectivity index (χ0n) is 8.97. The predicted molar refractivity (Wildman–Crippen MR) is 49.4 cm³/mol. The van der Waals surface area contributed by atoms with E-state index in [1.165, 1.54) is 0 Å². The van der Waals surface area contributed by atoms with Gasteiger partial charge >= 0.3 is 6.18 Å². The van der Waals surface area contributed by atoms with E-state index in [2.05, 4.69) is 0 Å². The lowest BCUT2D eigenvalue weighted by Crippen LogP contribution is -2.45. The number of aliphatic hydroxyl groups is 1. The van der Waals surface area contributed by atoms with Gasteiger partial charge in [-0.3, -0.25) is 0 Å². The first-order chi connectivity index (χ1) is 6.72. The average Bonchev–Trinajstić information content (AvgIpc) is 2.06. The van der Waals surface area contributed by atoms with Crippen LogP contribution in [-0.2, 0) is 4.74 Å². The normalized spacial score (nSPS) is 31.6. The van der Waals surface area contributed by atoms with Gasteiger partial charge in [0.15, 0.2) is 0 Å². The summed E-state index contributed by atoms with van der Waals surface area (Å²) in [6.45, 7) is 2.42.